The van der Waals surface area contributed by atoms with E-state index in [1.54, 1.807) is 0 Å². The maximum atomic E-state index is 8.77. The van der Waals surface area contributed by atoms with Crippen molar-refractivity contribution < 1.29 is 4.52 Å². The van der Waals surface area contributed by atoms with Crippen LogP contribution in [0.2, 0.25) is 0 Å². The first-order valence-electron chi connectivity index (χ1n) is 4.14. The molecule has 0 fully saturated rings. The maximum Gasteiger partial charge on any atom is 0.242 e. The normalized spacial score (nSPS) is 9.62. The summed E-state index contributed by atoms with van der Waals surface area (Å²) in [6.07, 6.45) is 0. The SMILES string of the molecule is CCN(CC)c1noc(N)c1C#N. The predicted octanol–water partition coefficient (Wildman–Crippen LogP) is 0.975. The fraction of sp³-hybridized carbons (Fsp3) is 0.500. The van der Waals surface area contributed by atoms with Crippen molar-refractivity contribution in [2.24, 2.45) is 0 Å². The lowest BCUT2D eigenvalue weighted by molar-refractivity contribution is 0.435. The van der Waals surface area contributed by atoms with Gasteiger partial charge in [0.1, 0.15) is 6.07 Å². The Morgan fingerprint density at radius 1 is 1.54 bits per heavy atom. The van der Waals surface area contributed by atoms with E-state index in [-0.39, 0.29) is 5.88 Å². The summed E-state index contributed by atoms with van der Waals surface area (Å²) in [6.45, 7) is 5.51. The summed E-state index contributed by atoms with van der Waals surface area (Å²) < 4.78 is 4.73. The van der Waals surface area contributed by atoms with Crippen LogP contribution in [0.15, 0.2) is 4.52 Å². The Bertz CT molecular complexity index is 321. The van der Waals surface area contributed by atoms with Crippen molar-refractivity contribution in [2.45, 2.75) is 13.8 Å². The predicted molar refractivity (Wildman–Crippen MR) is 49.2 cm³/mol. The molecule has 1 aromatic rings. The van der Waals surface area contributed by atoms with Crippen LogP contribution in [-0.2, 0) is 0 Å². The van der Waals surface area contributed by atoms with E-state index < -0.39 is 0 Å². The van der Waals surface area contributed by atoms with Crippen molar-refractivity contribution >= 4 is 11.7 Å². The van der Waals surface area contributed by atoms with Gasteiger partial charge in [-0.25, -0.2) is 0 Å². The number of nitrogens with two attached hydrogens (primary N) is 1. The number of nitrogen functional groups attached to an aromatic ring is 1. The summed E-state index contributed by atoms with van der Waals surface area (Å²) in [5.74, 6) is 0.620. The lowest BCUT2D eigenvalue weighted by Gasteiger charge is -2.16. The first kappa shape index (κ1) is 9.39. The molecular formula is C8H12N4O. The van der Waals surface area contributed by atoms with Crippen LogP contribution in [0.3, 0.4) is 0 Å². The van der Waals surface area contributed by atoms with E-state index in [1.165, 1.54) is 0 Å². The smallest absolute Gasteiger partial charge is 0.242 e. The van der Waals surface area contributed by atoms with E-state index >= 15 is 0 Å². The van der Waals surface area contributed by atoms with E-state index in [1.807, 2.05) is 24.8 Å². The van der Waals surface area contributed by atoms with Gasteiger partial charge in [0.2, 0.25) is 5.88 Å². The summed E-state index contributed by atoms with van der Waals surface area (Å²) in [5, 5.41) is 12.5. The molecule has 0 aromatic carbocycles. The van der Waals surface area contributed by atoms with Crippen LogP contribution < -0.4 is 10.6 Å². The Hall–Kier alpha value is -1.70. The summed E-state index contributed by atoms with van der Waals surface area (Å²) >= 11 is 0. The van der Waals surface area contributed by atoms with Gasteiger partial charge in [0.15, 0.2) is 11.4 Å². The van der Waals surface area contributed by atoms with Gasteiger partial charge in [-0.2, -0.15) is 5.26 Å². The van der Waals surface area contributed by atoms with E-state index in [4.69, 9.17) is 15.5 Å². The molecule has 0 bridgehead atoms. The van der Waals surface area contributed by atoms with Crippen LogP contribution in [0.1, 0.15) is 19.4 Å². The highest BCUT2D eigenvalue weighted by molar-refractivity contribution is 5.62. The van der Waals surface area contributed by atoms with Crippen LogP contribution in [0, 0.1) is 11.3 Å². The van der Waals surface area contributed by atoms with Gasteiger partial charge in [-0.05, 0) is 13.8 Å². The van der Waals surface area contributed by atoms with E-state index in [0.29, 0.717) is 11.4 Å². The molecular weight excluding hydrogens is 168 g/mol. The molecule has 0 saturated carbocycles. The number of anilines is 2. The zero-order chi connectivity index (χ0) is 9.84. The molecule has 0 aliphatic rings. The third-order valence-electron chi connectivity index (χ3n) is 1.88. The largest absolute Gasteiger partial charge is 0.366 e. The highest BCUT2D eigenvalue weighted by Crippen LogP contribution is 2.23. The van der Waals surface area contributed by atoms with Gasteiger partial charge in [-0.15, -0.1) is 0 Å². The van der Waals surface area contributed by atoms with Gasteiger partial charge in [0.05, 0.1) is 0 Å². The van der Waals surface area contributed by atoms with Crippen LogP contribution in [0.4, 0.5) is 11.7 Å². The summed E-state index contributed by atoms with van der Waals surface area (Å²) in [7, 11) is 0. The highest BCUT2D eigenvalue weighted by Gasteiger charge is 2.16. The zero-order valence-corrected chi connectivity index (χ0v) is 7.74. The molecule has 0 aliphatic heterocycles. The number of rotatable bonds is 3. The van der Waals surface area contributed by atoms with Gasteiger partial charge >= 0.3 is 0 Å². The molecule has 13 heavy (non-hydrogen) atoms. The number of aromatic nitrogens is 1. The standard InChI is InChI=1S/C8H12N4O/c1-3-12(4-2)8-6(5-9)7(10)13-11-8/h3-4,10H2,1-2H3. The Kier molecular flexibility index (Phi) is 2.75. The van der Waals surface area contributed by atoms with Crippen LogP contribution in [0.25, 0.3) is 0 Å². The van der Waals surface area contributed by atoms with Crippen molar-refractivity contribution in [2.75, 3.05) is 23.7 Å². The van der Waals surface area contributed by atoms with E-state index in [9.17, 15) is 0 Å². The summed E-state index contributed by atoms with van der Waals surface area (Å²) in [4.78, 5) is 1.92. The Balaban J connectivity index is 3.07. The van der Waals surface area contributed by atoms with Gasteiger partial charge in [0.25, 0.3) is 0 Å². The topological polar surface area (TPSA) is 79.1 Å². The molecule has 1 rings (SSSR count). The molecule has 0 unspecified atom stereocenters. The number of nitrogens with zero attached hydrogens (tertiary/aromatic N) is 3. The molecule has 2 N–H and O–H groups in total. The number of nitriles is 1. The van der Waals surface area contributed by atoms with Crippen LogP contribution in [0.5, 0.6) is 0 Å². The molecule has 5 nitrogen and oxygen atoms in total. The Morgan fingerprint density at radius 2 is 2.15 bits per heavy atom. The molecule has 5 heteroatoms. The Morgan fingerprint density at radius 3 is 2.62 bits per heavy atom. The fourth-order valence-electron chi connectivity index (χ4n) is 1.14. The fourth-order valence-corrected chi connectivity index (χ4v) is 1.14. The average Bonchev–Trinajstić information content (AvgIpc) is 2.50. The van der Waals surface area contributed by atoms with Crippen LogP contribution >= 0.6 is 0 Å². The third-order valence-corrected chi connectivity index (χ3v) is 1.88. The van der Waals surface area contributed by atoms with Crippen molar-refractivity contribution in [1.29, 1.82) is 5.26 Å². The quantitative estimate of drug-likeness (QED) is 0.749. The highest BCUT2D eigenvalue weighted by atomic mass is 16.5. The maximum absolute atomic E-state index is 8.77. The molecule has 0 amide bonds. The van der Waals surface area contributed by atoms with E-state index in [0.717, 1.165) is 13.1 Å². The molecule has 0 atom stereocenters. The molecule has 0 radical (unpaired) electrons. The minimum atomic E-state index is 0.0874. The third kappa shape index (κ3) is 1.56. The molecule has 1 aromatic heterocycles. The zero-order valence-electron chi connectivity index (χ0n) is 7.74. The first-order valence-corrected chi connectivity index (χ1v) is 4.14. The lowest BCUT2D eigenvalue weighted by Crippen LogP contribution is -2.23. The van der Waals surface area contributed by atoms with Crippen LogP contribution in [-0.4, -0.2) is 18.2 Å². The minimum absolute atomic E-state index is 0.0874. The second kappa shape index (κ2) is 3.81. The van der Waals surface area contributed by atoms with Crippen molar-refractivity contribution in [3.05, 3.63) is 5.56 Å². The van der Waals surface area contributed by atoms with E-state index in [2.05, 4.69) is 5.16 Å². The van der Waals surface area contributed by atoms with Crippen molar-refractivity contribution in [3.8, 4) is 6.07 Å². The molecule has 0 saturated heterocycles. The monoisotopic (exact) mass is 180 g/mol. The Labute approximate surface area is 76.7 Å². The number of hydrogen-bond acceptors (Lipinski definition) is 5. The van der Waals surface area contributed by atoms with Crippen molar-refractivity contribution in [3.63, 3.8) is 0 Å². The first-order chi connectivity index (χ1) is 6.24. The summed E-state index contributed by atoms with van der Waals surface area (Å²) in [5.41, 5.74) is 5.74. The average molecular weight is 180 g/mol. The number of hydrogen-bond donors (Lipinski definition) is 1. The lowest BCUT2D eigenvalue weighted by atomic mass is 10.3. The molecule has 0 spiro atoms. The van der Waals surface area contributed by atoms with Gasteiger partial charge in [-0.3, -0.25) is 0 Å². The second-order valence-corrected chi connectivity index (χ2v) is 2.53. The van der Waals surface area contributed by atoms with Gasteiger partial charge < -0.3 is 15.2 Å². The van der Waals surface area contributed by atoms with Gasteiger partial charge in [-0.1, -0.05) is 5.16 Å². The molecule has 70 valence electrons. The minimum Gasteiger partial charge on any atom is -0.366 e. The second-order valence-electron chi connectivity index (χ2n) is 2.53. The van der Waals surface area contributed by atoms with Gasteiger partial charge in [0, 0.05) is 13.1 Å². The molecule has 0 aliphatic carbocycles. The van der Waals surface area contributed by atoms with Crippen molar-refractivity contribution in [1.82, 2.24) is 5.16 Å². The summed E-state index contributed by atoms with van der Waals surface area (Å²) in [6, 6.07) is 1.97. The molecule has 1 heterocycles.